The number of hydrogen-bond acceptors (Lipinski definition) is 4. The van der Waals surface area contributed by atoms with Gasteiger partial charge in [-0.2, -0.15) is 0 Å². The van der Waals surface area contributed by atoms with E-state index < -0.39 is 4.92 Å². The second kappa shape index (κ2) is 4.12. The summed E-state index contributed by atoms with van der Waals surface area (Å²) < 4.78 is 0. The number of carbonyl (C=O) groups is 2. The van der Waals surface area contributed by atoms with Crippen LogP contribution >= 0.6 is 0 Å². The van der Waals surface area contributed by atoms with Crippen molar-refractivity contribution >= 4 is 23.2 Å². The number of hydrogen-bond donors (Lipinski definition) is 0. The lowest BCUT2D eigenvalue weighted by Gasteiger charge is -2.22. The fourth-order valence-electron chi connectivity index (χ4n) is 5.27. The molecule has 6 heteroatoms. The highest BCUT2D eigenvalue weighted by molar-refractivity contribution is 6.23. The van der Waals surface area contributed by atoms with Crippen molar-refractivity contribution in [2.75, 3.05) is 4.90 Å². The Hall–Kier alpha value is -2.50. The standard InChI is InChI=1S/C18H16N2O4/c1-9-2-3-10(20(23)24)8-13(9)19-16(21)14-11-4-5-12(15(14)17(19)22)18(11)6-7-18/h2-5,8,11-12,14-15H,6-7H2,1H3/t11-,12-,14-,15-/m0/s1. The van der Waals surface area contributed by atoms with Gasteiger partial charge in [0.1, 0.15) is 0 Å². The maximum Gasteiger partial charge on any atom is 0.271 e. The molecule has 3 fully saturated rings. The van der Waals surface area contributed by atoms with Gasteiger partial charge in [0.2, 0.25) is 11.8 Å². The van der Waals surface area contributed by atoms with E-state index in [-0.39, 0.29) is 46.6 Å². The summed E-state index contributed by atoms with van der Waals surface area (Å²) in [6.07, 6.45) is 6.43. The van der Waals surface area contributed by atoms with E-state index in [0.717, 1.165) is 12.8 Å². The molecule has 122 valence electrons. The van der Waals surface area contributed by atoms with Crippen LogP contribution in [-0.2, 0) is 9.59 Å². The van der Waals surface area contributed by atoms with E-state index in [1.807, 2.05) is 0 Å². The fourth-order valence-corrected chi connectivity index (χ4v) is 5.27. The van der Waals surface area contributed by atoms with Gasteiger partial charge in [-0.3, -0.25) is 19.7 Å². The maximum absolute atomic E-state index is 13.0. The van der Waals surface area contributed by atoms with Gasteiger partial charge in [0.25, 0.3) is 5.69 Å². The molecule has 1 spiro atoms. The van der Waals surface area contributed by atoms with Gasteiger partial charge in [-0.05, 0) is 42.6 Å². The zero-order chi connectivity index (χ0) is 16.8. The first-order valence-corrected chi connectivity index (χ1v) is 8.27. The zero-order valence-corrected chi connectivity index (χ0v) is 13.1. The highest BCUT2D eigenvalue weighted by Crippen LogP contribution is 2.73. The number of imide groups is 1. The minimum absolute atomic E-state index is 0.104. The summed E-state index contributed by atoms with van der Waals surface area (Å²) in [6, 6.07) is 4.33. The predicted molar refractivity (Wildman–Crippen MR) is 85.1 cm³/mol. The number of anilines is 1. The number of rotatable bonds is 2. The van der Waals surface area contributed by atoms with E-state index in [0.29, 0.717) is 11.3 Å². The van der Waals surface area contributed by atoms with Crippen LogP contribution in [0.5, 0.6) is 0 Å². The lowest BCUT2D eigenvalue weighted by molar-refractivity contribution is -0.384. The largest absolute Gasteiger partial charge is 0.274 e. The van der Waals surface area contributed by atoms with Crippen molar-refractivity contribution in [1.29, 1.82) is 0 Å². The summed E-state index contributed by atoms with van der Waals surface area (Å²) in [5, 5.41) is 11.1. The fraction of sp³-hybridized carbons (Fsp3) is 0.444. The van der Waals surface area contributed by atoms with Crippen molar-refractivity contribution < 1.29 is 14.5 Å². The summed E-state index contributed by atoms with van der Waals surface area (Å²) in [7, 11) is 0. The maximum atomic E-state index is 13.0. The number of aryl methyl sites for hydroxylation is 1. The molecule has 0 aromatic heterocycles. The molecule has 1 aromatic rings. The summed E-state index contributed by atoms with van der Waals surface area (Å²) >= 11 is 0. The average molecular weight is 324 g/mol. The van der Waals surface area contributed by atoms with Gasteiger partial charge < -0.3 is 0 Å². The highest BCUT2D eigenvalue weighted by atomic mass is 16.6. The Labute approximate surface area is 138 Å². The molecule has 2 bridgehead atoms. The molecule has 2 saturated carbocycles. The first kappa shape index (κ1) is 13.9. The van der Waals surface area contributed by atoms with Gasteiger partial charge >= 0.3 is 0 Å². The second-order valence-electron chi connectivity index (χ2n) is 7.46. The smallest absolute Gasteiger partial charge is 0.271 e. The Morgan fingerprint density at radius 2 is 1.71 bits per heavy atom. The van der Waals surface area contributed by atoms with Gasteiger partial charge in [-0.15, -0.1) is 0 Å². The van der Waals surface area contributed by atoms with Crippen molar-refractivity contribution in [3.8, 4) is 0 Å². The number of nitro benzene ring substituents is 1. The molecule has 5 rings (SSSR count). The average Bonchev–Trinajstić information content (AvgIpc) is 3.14. The van der Waals surface area contributed by atoms with Crippen molar-refractivity contribution in [3.63, 3.8) is 0 Å². The van der Waals surface area contributed by atoms with Crippen LogP contribution < -0.4 is 4.90 Å². The molecule has 4 atom stereocenters. The number of nitro groups is 1. The molecule has 2 amide bonds. The number of carbonyl (C=O) groups excluding carboxylic acids is 2. The molecule has 0 unspecified atom stereocenters. The normalized spacial score (nSPS) is 34.3. The van der Waals surface area contributed by atoms with E-state index >= 15 is 0 Å². The Morgan fingerprint density at radius 1 is 1.12 bits per heavy atom. The van der Waals surface area contributed by atoms with Gasteiger partial charge in [0.05, 0.1) is 22.4 Å². The van der Waals surface area contributed by atoms with E-state index in [1.165, 1.54) is 17.0 Å². The molecule has 24 heavy (non-hydrogen) atoms. The van der Waals surface area contributed by atoms with E-state index in [9.17, 15) is 19.7 Å². The molecular weight excluding hydrogens is 308 g/mol. The third-order valence-electron chi connectivity index (χ3n) is 6.50. The molecule has 1 heterocycles. The van der Waals surface area contributed by atoms with Crippen LogP contribution in [0.4, 0.5) is 11.4 Å². The Balaban J connectivity index is 1.59. The Morgan fingerprint density at radius 3 is 2.21 bits per heavy atom. The van der Waals surface area contributed by atoms with Crippen molar-refractivity contribution in [3.05, 3.63) is 46.0 Å². The molecule has 4 aliphatic rings. The van der Waals surface area contributed by atoms with E-state index in [2.05, 4.69) is 12.2 Å². The minimum atomic E-state index is -0.501. The van der Waals surface area contributed by atoms with Crippen LogP contribution in [0.15, 0.2) is 30.4 Å². The molecule has 1 aliphatic heterocycles. The van der Waals surface area contributed by atoms with Crippen LogP contribution in [-0.4, -0.2) is 16.7 Å². The van der Waals surface area contributed by atoms with Gasteiger partial charge in [-0.25, -0.2) is 4.90 Å². The van der Waals surface area contributed by atoms with E-state index in [4.69, 9.17) is 0 Å². The Kier molecular flexibility index (Phi) is 2.39. The Bertz CT molecular complexity index is 821. The lowest BCUT2D eigenvalue weighted by Crippen LogP contribution is -2.35. The molecule has 3 aliphatic carbocycles. The van der Waals surface area contributed by atoms with E-state index in [1.54, 1.807) is 13.0 Å². The zero-order valence-electron chi connectivity index (χ0n) is 13.1. The van der Waals surface area contributed by atoms with Gasteiger partial charge in [0, 0.05) is 12.1 Å². The molecule has 0 N–H and O–H groups in total. The second-order valence-corrected chi connectivity index (χ2v) is 7.46. The molecular formula is C18H16N2O4. The number of allylic oxidation sites excluding steroid dienone is 2. The van der Waals surface area contributed by atoms with Crippen LogP contribution in [0.25, 0.3) is 0 Å². The number of benzene rings is 1. The van der Waals surface area contributed by atoms with Crippen LogP contribution in [0.1, 0.15) is 18.4 Å². The monoisotopic (exact) mass is 324 g/mol. The molecule has 6 nitrogen and oxygen atoms in total. The lowest BCUT2D eigenvalue weighted by atomic mass is 9.85. The number of fused-ring (bicyclic) bond motifs is 3. The molecule has 0 radical (unpaired) electrons. The van der Waals surface area contributed by atoms with Crippen molar-refractivity contribution in [1.82, 2.24) is 0 Å². The summed E-state index contributed by atoms with van der Waals surface area (Å²) in [5.74, 6) is -0.614. The highest BCUT2D eigenvalue weighted by Gasteiger charge is 2.73. The first-order valence-electron chi connectivity index (χ1n) is 8.27. The summed E-state index contributed by atoms with van der Waals surface area (Å²) in [5.41, 5.74) is 1.11. The third kappa shape index (κ3) is 1.42. The predicted octanol–water partition coefficient (Wildman–Crippen LogP) is 2.60. The minimum Gasteiger partial charge on any atom is -0.274 e. The topological polar surface area (TPSA) is 80.5 Å². The quantitative estimate of drug-likeness (QED) is 0.362. The molecule has 1 aromatic carbocycles. The number of non-ortho nitro benzene ring substituents is 1. The summed E-state index contributed by atoms with van der Waals surface area (Å²) in [4.78, 5) is 37.8. The van der Waals surface area contributed by atoms with Gasteiger partial charge in [0.15, 0.2) is 0 Å². The molecule has 1 saturated heterocycles. The third-order valence-corrected chi connectivity index (χ3v) is 6.50. The van der Waals surface area contributed by atoms with Crippen molar-refractivity contribution in [2.24, 2.45) is 29.1 Å². The SMILES string of the molecule is Cc1ccc([N+](=O)[O-])cc1N1C(=O)[C@@H]2[C@@H](C1=O)[C@@H]1C=C[C@@H]2C12CC2. The van der Waals surface area contributed by atoms with Crippen LogP contribution in [0.3, 0.4) is 0 Å². The van der Waals surface area contributed by atoms with Crippen LogP contribution in [0, 0.1) is 46.1 Å². The summed E-state index contributed by atoms with van der Waals surface area (Å²) in [6.45, 7) is 1.77. The number of amides is 2. The van der Waals surface area contributed by atoms with Gasteiger partial charge in [-0.1, -0.05) is 18.2 Å². The van der Waals surface area contributed by atoms with Crippen molar-refractivity contribution in [2.45, 2.75) is 19.8 Å². The first-order chi connectivity index (χ1) is 11.5. The number of nitrogens with zero attached hydrogens (tertiary/aromatic N) is 2. The van der Waals surface area contributed by atoms with Crippen LogP contribution in [0.2, 0.25) is 0 Å².